The van der Waals surface area contributed by atoms with Gasteiger partial charge < -0.3 is 0 Å². The van der Waals surface area contributed by atoms with Crippen molar-refractivity contribution in [2.24, 2.45) is 0 Å². The van der Waals surface area contributed by atoms with Crippen molar-refractivity contribution in [3.05, 3.63) is 24.5 Å². The van der Waals surface area contributed by atoms with Crippen LogP contribution in [-0.2, 0) is 10.0 Å². The molecule has 4 nitrogen and oxygen atoms in total. The molecule has 68 valence electrons. The largest absolute Gasteiger partial charge is 0.263 e. The second kappa shape index (κ2) is 4.03. The highest BCUT2D eigenvalue weighted by atomic mass is 32.2. The standard InChI is InChI=1S/C8H8N2O2S/c1-2-5-10-13(11,12)8-4-3-6-9-7-8/h1,3-4,6-7,10H,5H2. The highest BCUT2D eigenvalue weighted by molar-refractivity contribution is 7.89. The van der Waals surface area contributed by atoms with Gasteiger partial charge in [0, 0.05) is 12.4 Å². The highest BCUT2D eigenvalue weighted by Gasteiger charge is 2.11. The lowest BCUT2D eigenvalue weighted by Gasteiger charge is -2.01. The molecule has 0 aliphatic carbocycles. The number of aromatic nitrogens is 1. The summed E-state index contributed by atoms with van der Waals surface area (Å²) in [6.45, 7) is -0.0166. The van der Waals surface area contributed by atoms with Crippen molar-refractivity contribution in [3.8, 4) is 12.3 Å². The third kappa shape index (κ3) is 2.54. The van der Waals surface area contributed by atoms with Crippen LogP contribution in [0.4, 0.5) is 0 Å². The summed E-state index contributed by atoms with van der Waals surface area (Å²) in [4.78, 5) is 3.80. The molecule has 5 heteroatoms. The molecule has 1 aromatic heterocycles. The van der Waals surface area contributed by atoms with Crippen molar-refractivity contribution in [2.45, 2.75) is 4.90 Å². The van der Waals surface area contributed by atoms with Crippen LogP contribution in [-0.4, -0.2) is 19.9 Å². The summed E-state index contributed by atoms with van der Waals surface area (Å²) in [6, 6.07) is 3.00. The Bertz CT molecular complexity index is 406. The molecule has 0 spiro atoms. The van der Waals surface area contributed by atoms with Crippen molar-refractivity contribution in [1.82, 2.24) is 9.71 Å². The lowest BCUT2D eigenvalue weighted by atomic mass is 10.5. The fraction of sp³-hybridized carbons (Fsp3) is 0.125. The third-order valence-corrected chi connectivity index (χ3v) is 2.70. The van der Waals surface area contributed by atoms with Crippen molar-refractivity contribution in [3.63, 3.8) is 0 Å². The van der Waals surface area contributed by atoms with E-state index in [9.17, 15) is 8.42 Å². The van der Waals surface area contributed by atoms with Crippen molar-refractivity contribution < 1.29 is 8.42 Å². The molecule has 0 aliphatic heterocycles. The van der Waals surface area contributed by atoms with Gasteiger partial charge in [0.25, 0.3) is 0 Å². The van der Waals surface area contributed by atoms with Gasteiger partial charge in [0.05, 0.1) is 6.54 Å². The van der Waals surface area contributed by atoms with E-state index in [1.807, 2.05) is 0 Å². The van der Waals surface area contributed by atoms with Crippen LogP contribution < -0.4 is 4.72 Å². The van der Waals surface area contributed by atoms with Crippen LogP contribution in [0.15, 0.2) is 29.4 Å². The lowest BCUT2D eigenvalue weighted by molar-refractivity contribution is 0.585. The van der Waals surface area contributed by atoms with Crippen molar-refractivity contribution in [2.75, 3.05) is 6.54 Å². The van der Waals surface area contributed by atoms with E-state index < -0.39 is 10.0 Å². The van der Waals surface area contributed by atoms with Crippen molar-refractivity contribution in [1.29, 1.82) is 0 Å². The van der Waals surface area contributed by atoms with E-state index in [0.29, 0.717) is 0 Å². The number of sulfonamides is 1. The van der Waals surface area contributed by atoms with Crippen LogP contribution in [0.3, 0.4) is 0 Å². The maximum atomic E-state index is 11.3. The van der Waals surface area contributed by atoms with Gasteiger partial charge in [-0.15, -0.1) is 6.42 Å². The molecule has 1 rings (SSSR count). The average molecular weight is 196 g/mol. The van der Waals surface area contributed by atoms with Gasteiger partial charge in [0.15, 0.2) is 0 Å². The van der Waals surface area contributed by atoms with E-state index in [4.69, 9.17) is 6.42 Å². The van der Waals surface area contributed by atoms with E-state index in [1.54, 1.807) is 6.07 Å². The van der Waals surface area contributed by atoms with Crippen LogP contribution >= 0.6 is 0 Å². The number of terminal acetylenes is 1. The molecule has 0 atom stereocenters. The monoisotopic (exact) mass is 196 g/mol. The minimum atomic E-state index is -3.48. The molecular formula is C8H8N2O2S. The normalized spacial score (nSPS) is 10.7. The number of rotatable bonds is 3. The Kier molecular flexibility index (Phi) is 3.01. The minimum absolute atomic E-state index is 0.0166. The molecule has 0 aromatic carbocycles. The van der Waals surface area contributed by atoms with Gasteiger partial charge in [-0.25, -0.2) is 8.42 Å². The van der Waals surface area contributed by atoms with E-state index >= 15 is 0 Å². The molecule has 0 unspecified atom stereocenters. The summed E-state index contributed by atoms with van der Waals surface area (Å²) in [5, 5.41) is 0. The quantitative estimate of drug-likeness (QED) is 0.692. The predicted molar refractivity (Wildman–Crippen MR) is 48.3 cm³/mol. The zero-order valence-electron chi connectivity index (χ0n) is 6.77. The zero-order chi connectivity index (χ0) is 9.73. The molecule has 1 aromatic rings. The molecule has 0 saturated heterocycles. The second-order valence-electron chi connectivity index (χ2n) is 2.22. The summed E-state index contributed by atoms with van der Waals surface area (Å²) in [7, 11) is -3.48. The molecule has 0 fully saturated rings. The third-order valence-electron chi connectivity index (χ3n) is 1.31. The van der Waals surface area contributed by atoms with Gasteiger partial charge in [-0.1, -0.05) is 5.92 Å². The number of pyridine rings is 1. The summed E-state index contributed by atoms with van der Waals surface area (Å²) >= 11 is 0. The Balaban J connectivity index is 2.90. The fourth-order valence-corrected chi connectivity index (χ4v) is 1.62. The van der Waals surface area contributed by atoms with Gasteiger partial charge in [-0.3, -0.25) is 4.98 Å². The molecule has 0 amide bonds. The lowest BCUT2D eigenvalue weighted by Crippen LogP contribution is -2.23. The molecule has 1 heterocycles. The maximum Gasteiger partial charge on any atom is 0.242 e. The number of hydrogen-bond donors (Lipinski definition) is 1. The van der Waals surface area contributed by atoms with Crippen LogP contribution in [0.2, 0.25) is 0 Å². The van der Waals surface area contributed by atoms with Crippen LogP contribution in [0.25, 0.3) is 0 Å². The Labute approximate surface area is 77.1 Å². The maximum absolute atomic E-state index is 11.3. The molecule has 13 heavy (non-hydrogen) atoms. The first-order valence-corrected chi connectivity index (χ1v) is 4.98. The Hall–Kier alpha value is -1.38. The SMILES string of the molecule is C#CCNS(=O)(=O)c1cccnc1. The van der Waals surface area contributed by atoms with E-state index in [1.165, 1.54) is 18.5 Å². The fourth-order valence-electron chi connectivity index (χ4n) is 0.726. The molecule has 0 radical (unpaired) electrons. The van der Waals surface area contributed by atoms with Gasteiger partial charge in [-0.05, 0) is 12.1 Å². The molecule has 1 N–H and O–H groups in total. The number of hydrogen-bond acceptors (Lipinski definition) is 3. The first-order chi connectivity index (χ1) is 6.17. The van der Waals surface area contributed by atoms with E-state index in [2.05, 4.69) is 15.6 Å². The minimum Gasteiger partial charge on any atom is -0.263 e. The van der Waals surface area contributed by atoms with E-state index in [-0.39, 0.29) is 11.4 Å². The van der Waals surface area contributed by atoms with Gasteiger partial charge >= 0.3 is 0 Å². The summed E-state index contributed by atoms with van der Waals surface area (Å²) in [5.74, 6) is 2.18. The Morgan fingerprint density at radius 3 is 2.92 bits per heavy atom. The van der Waals surface area contributed by atoms with Gasteiger partial charge in [0.1, 0.15) is 4.90 Å². The average Bonchev–Trinajstić information content (AvgIpc) is 2.16. The van der Waals surface area contributed by atoms with Crippen LogP contribution in [0, 0.1) is 12.3 Å². The highest BCUT2D eigenvalue weighted by Crippen LogP contribution is 2.03. The molecule has 0 saturated carbocycles. The Morgan fingerprint density at radius 2 is 2.38 bits per heavy atom. The summed E-state index contributed by atoms with van der Waals surface area (Å²) in [5.41, 5.74) is 0. The van der Waals surface area contributed by atoms with Crippen molar-refractivity contribution >= 4 is 10.0 Å². The second-order valence-corrected chi connectivity index (χ2v) is 3.98. The molecular weight excluding hydrogens is 188 g/mol. The summed E-state index contributed by atoms with van der Waals surface area (Å²) < 4.78 is 24.9. The first kappa shape index (κ1) is 9.71. The molecule has 0 bridgehead atoms. The Morgan fingerprint density at radius 1 is 1.62 bits per heavy atom. The smallest absolute Gasteiger partial charge is 0.242 e. The number of nitrogens with zero attached hydrogens (tertiary/aromatic N) is 1. The van der Waals surface area contributed by atoms with Crippen LogP contribution in [0.5, 0.6) is 0 Å². The first-order valence-electron chi connectivity index (χ1n) is 3.50. The topological polar surface area (TPSA) is 59.1 Å². The summed E-state index contributed by atoms with van der Waals surface area (Å²) in [6.07, 6.45) is 7.68. The predicted octanol–water partition coefficient (Wildman–Crippen LogP) is -0.00690. The van der Waals surface area contributed by atoms with E-state index in [0.717, 1.165) is 0 Å². The van der Waals surface area contributed by atoms with Crippen LogP contribution in [0.1, 0.15) is 0 Å². The number of nitrogens with one attached hydrogen (secondary N) is 1. The zero-order valence-corrected chi connectivity index (χ0v) is 7.58. The molecule has 0 aliphatic rings. The van der Waals surface area contributed by atoms with Gasteiger partial charge in [0.2, 0.25) is 10.0 Å². The van der Waals surface area contributed by atoms with Gasteiger partial charge in [-0.2, -0.15) is 4.72 Å².